The van der Waals surface area contributed by atoms with Crippen molar-refractivity contribution in [2.45, 2.75) is 38.7 Å². The van der Waals surface area contributed by atoms with Gasteiger partial charge in [0.2, 0.25) is 0 Å². The van der Waals surface area contributed by atoms with Crippen LogP contribution in [0.1, 0.15) is 37.0 Å². The first kappa shape index (κ1) is 16.7. The molecule has 1 aromatic heterocycles. The predicted molar refractivity (Wildman–Crippen MR) is 75.9 cm³/mol. The van der Waals surface area contributed by atoms with Crippen molar-refractivity contribution in [2.24, 2.45) is 5.73 Å². The summed E-state index contributed by atoms with van der Waals surface area (Å²) in [5.41, 5.74) is 10.9. The smallest absolute Gasteiger partial charge is 0.303 e. The third-order valence-corrected chi connectivity index (χ3v) is 3.32. The minimum Gasteiger partial charge on any atom is -0.463 e. The number of rotatable bonds is 5. The zero-order valence-electron chi connectivity index (χ0n) is 12.7. The number of nitrogen functional groups attached to an aromatic ring is 1. The summed E-state index contributed by atoms with van der Waals surface area (Å²) < 4.78 is 17.2. The van der Waals surface area contributed by atoms with E-state index < -0.39 is 36.3 Å². The van der Waals surface area contributed by atoms with Crippen LogP contribution in [0.4, 0.5) is 5.82 Å². The molecule has 4 N–H and O–H groups in total. The molecular weight excluding hydrogens is 308 g/mol. The Hall–Kier alpha value is -2.62. The summed E-state index contributed by atoms with van der Waals surface area (Å²) in [6.45, 7) is 2.47. The van der Waals surface area contributed by atoms with Crippen molar-refractivity contribution in [2.75, 3.05) is 12.3 Å². The Morgan fingerprint density at radius 1 is 1.39 bits per heavy atom. The molecule has 0 radical (unpaired) electrons. The molecule has 2 rings (SSSR count). The molecule has 1 aliphatic rings. The summed E-state index contributed by atoms with van der Waals surface area (Å²) in [4.78, 5) is 37.2. The van der Waals surface area contributed by atoms with Gasteiger partial charge in [-0.25, -0.2) is 4.98 Å². The van der Waals surface area contributed by atoms with Crippen LogP contribution in [-0.2, 0) is 23.8 Å². The largest absolute Gasteiger partial charge is 0.463 e. The van der Waals surface area contributed by atoms with E-state index in [0.29, 0.717) is 0 Å². The van der Waals surface area contributed by atoms with E-state index in [1.807, 2.05) is 0 Å². The Morgan fingerprint density at radius 3 is 2.61 bits per heavy atom. The molecule has 0 saturated carbocycles. The Balaban J connectivity index is 2.16. The van der Waals surface area contributed by atoms with E-state index in [1.54, 1.807) is 0 Å². The summed E-state index contributed by atoms with van der Waals surface area (Å²) in [6, 6.07) is 0. The highest BCUT2D eigenvalue weighted by Gasteiger charge is 2.40. The number of ether oxygens (including phenoxy) is 3. The summed E-state index contributed by atoms with van der Waals surface area (Å²) >= 11 is 0. The van der Waals surface area contributed by atoms with Crippen molar-refractivity contribution in [1.82, 2.24) is 9.55 Å². The molecule has 0 aliphatic carbocycles. The Labute approximate surface area is 131 Å². The number of esters is 2. The first-order chi connectivity index (χ1) is 10.8. The average molecular weight is 326 g/mol. The maximum Gasteiger partial charge on any atom is 0.303 e. The van der Waals surface area contributed by atoms with Crippen LogP contribution in [-0.4, -0.2) is 46.2 Å². The molecule has 0 aromatic carbocycles. The highest BCUT2D eigenvalue weighted by molar-refractivity contribution is 5.95. The van der Waals surface area contributed by atoms with Crippen molar-refractivity contribution in [3.63, 3.8) is 0 Å². The monoisotopic (exact) mass is 326 g/mol. The van der Waals surface area contributed by atoms with Gasteiger partial charge in [0, 0.05) is 20.3 Å². The average Bonchev–Trinajstić information content (AvgIpc) is 2.99. The number of amides is 1. The lowest BCUT2D eigenvalue weighted by atomic mass is 10.2. The molecule has 0 spiro atoms. The van der Waals surface area contributed by atoms with Gasteiger partial charge in [-0.15, -0.1) is 0 Å². The highest BCUT2D eigenvalue weighted by Crippen LogP contribution is 2.33. The molecule has 23 heavy (non-hydrogen) atoms. The first-order valence-electron chi connectivity index (χ1n) is 6.87. The summed E-state index contributed by atoms with van der Waals surface area (Å²) in [6.07, 6.45) is -0.300. The molecular formula is C13H18N4O6. The lowest BCUT2D eigenvalue weighted by molar-refractivity contribution is -0.155. The van der Waals surface area contributed by atoms with Crippen molar-refractivity contribution in [3.05, 3.63) is 12.0 Å². The minimum atomic E-state index is -0.757. The molecule has 1 aromatic rings. The van der Waals surface area contributed by atoms with Crippen LogP contribution in [0.15, 0.2) is 6.33 Å². The molecule has 1 saturated heterocycles. The molecule has 0 bridgehead atoms. The number of primary amides is 1. The van der Waals surface area contributed by atoms with E-state index in [4.69, 9.17) is 25.7 Å². The fourth-order valence-electron chi connectivity index (χ4n) is 2.35. The van der Waals surface area contributed by atoms with E-state index in [-0.39, 0.29) is 24.5 Å². The van der Waals surface area contributed by atoms with E-state index in [9.17, 15) is 14.4 Å². The minimum absolute atomic E-state index is 0.0530. The van der Waals surface area contributed by atoms with Crippen LogP contribution in [0.2, 0.25) is 0 Å². The molecule has 10 nitrogen and oxygen atoms in total. The Kier molecular flexibility index (Phi) is 4.84. The van der Waals surface area contributed by atoms with E-state index in [2.05, 4.69) is 4.98 Å². The lowest BCUT2D eigenvalue weighted by Crippen LogP contribution is -2.31. The molecule has 0 unspecified atom stereocenters. The summed E-state index contributed by atoms with van der Waals surface area (Å²) in [5, 5.41) is 0. The van der Waals surface area contributed by atoms with Gasteiger partial charge in [-0.1, -0.05) is 0 Å². The van der Waals surface area contributed by atoms with Gasteiger partial charge >= 0.3 is 11.9 Å². The third kappa shape index (κ3) is 3.77. The van der Waals surface area contributed by atoms with Gasteiger partial charge in [-0.3, -0.25) is 19.0 Å². The number of carbonyl (C=O) groups is 3. The molecule has 10 heteroatoms. The van der Waals surface area contributed by atoms with Crippen LogP contribution in [0.25, 0.3) is 0 Å². The third-order valence-electron chi connectivity index (χ3n) is 3.32. The van der Waals surface area contributed by atoms with Gasteiger partial charge in [0.15, 0.2) is 5.69 Å². The molecule has 1 amide bonds. The number of hydrogen-bond donors (Lipinski definition) is 2. The fraction of sp³-hybridized carbons (Fsp3) is 0.538. The number of hydrogen-bond acceptors (Lipinski definition) is 8. The second kappa shape index (κ2) is 6.65. The first-order valence-corrected chi connectivity index (χ1v) is 6.87. The number of anilines is 1. The standard InChI is InChI=1S/C13H18N4O6/c1-6(18)21-4-9-8(22-7(2)19)3-10(23-9)17-5-16-11(12(17)14)13(15)20/h5,8-10H,3-4,14H2,1-2H3,(H2,15,20)/t8-,9+,10+/m0/s1. The molecule has 126 valence electrons. The molecule has 3 atom stereocenters. The maximum atomic E-state index is 11.2. The number of imidazole rings is 1. The number of carbonyl (C=O) groups excluding carboxylic acids is 3. The zero-order valence-corrected chi connectivity index (χ0v) is 12.7. The van der Waals surface area contributed by atoms with Gasteiger partial charge in [0.25, 0.3) is 5.91 Å². The van der Waals surface area contributed by atoms with Crippen molar-refractivity contribution < 1.29 is 28.6 Å². The van der Waals surface area contributed by atoms with Gasteiger partial charge < -0.3 is 25.7 Å². The van der Waals surface area contributed by atoms with Gasteiger partial charge in [-0.05, 0) is 0 Å². The van der Waals surface area contributed by atoms with Crippen LogP contribution in [0.3, 0.4) is 0 Å². The number of nitrogens with zero attached hydrogens (tertiary/aromatic N) is 2. The van der Waals surface area contributed by atoms with Crippen LogP contribution in [0, 0.1) is 0 Å². The Bertz CT molecular complexity index is 628. The van der Waals surface area contributed by atoms with Gasteiger partial charge in [0.05, 0.1) is 6.33 Å². The van der Waals surface area contributed by atoms with Crippen molar-refractivity contribution >= 4 is 23.7 Å². The molecule has 1 fully saturated rings. The SMILES string of the molecule is CC(=O)OC[C@H]1O[C@@H](n2cnc(C(N)=O)c2N)C[C@@H]1OC(C)=O. The van der Waals surface area contributed by atoms with E-state index in [1.165, 1.54) is 24.7 Å². The second-order valence-corrected chi connectivity index (χ2v) is 5.07. The summed E-state index contributed by atoms with van der Waals surface area (Å²) in [7, 11) is 0. The summed E-state index contributed by atoms with van der Waals surface area (Å²) in [5.74, 6) is -1.66. The van der Waals surface area contributed by atoms with Gasteiger partial charge in [0.1, 0.15) is 30.9 Å². The zero-order chi connectivity index (χ0) is 17.1. The lowest BCUT2D eigenvalue weighted by Gasteiger charge is -2.17. The second-order valence-electron chi connectivity index (χ2n) is 5.07. The molecule has 1 aliphatic heterocycles. The van der Waals surface area contributed by atoms with E-state index >= 15 is 0 Å². The topological polar surface area (TPSA) is 149 Å². The van der Waals surface area contributed by atoms with Crippen LogP contribution < -0.4 is 11.5 Å². The van der Waals surface area contributed by atoms with Crippen LogP contribution in [0.5, 0.6) is 0 Å². The highest BCUT2D eigenvalue weighted by atomic mass is 16.6. The quantitative estimate of drug-likeness (QED) is 0.678. The van der Waals surface area contributed by atoms with Crippen LogP contribution >= 0.6 is 0 Å². The molecule has 2 heterocycles. The predicted octanol–water partition coefficient (Wildman–Crippen LogP) is -0.653. The number of nitrogens with two attached hydrogens (primary N) is 2. The van der Waals surface area contributed by atoms with E-state index in [0.717, 1.165) is 0 Å². The van der Waals surface area contributed by atoms with Gasteiger partial charge in [-0.2, -0.15) is 0 Å². The Morgan fingerprint density at radius 2 is 2.09 bits per heavy atom. The number of aromatic nitrogens is 2. The van der Waals surface area contributed by atoms with Crippen molar-refractivity contribution in [1.29, 1.82) is 0 Å². The fourth-order valence-corrected chi connectivity index (χ4v) is 2.35. The normalized spacial score (nSPS) is 23.5. The van der Waals surface area contributed by atoms with Crippen molar-refractivity contribution in [3.8, 4) is 0 Å². The maximum absolute atomic E-state index is 11.2.